The van der Waals surface area contributed by atoms with E-state index in [2.05, 4.69) is 15.9 Å². The fourth-order valence-corrected chi connectivity index (χ4v) is 3.27. The molecule has 9 heteroatoms. The summed E-state index contributed by atoms with van der Waals surface area (Å²) in [5.74, 6) is -2.67. The third-order valence-corrected chi connectivity index (χ3v) is 3.96. The molecule has 1 radical (unpaired) electrons. The Bertz CT molecular complexity index is 491. The van der Waals surface area contributed by atoms with E-state index < -0.39 is 47.0 Å². The SMILES string of the molecule is CC(=O)O[C@@H]1[C@@H](OC(C)=O)[C@@H](Br)C[C](CC(=O)O)[C@H]1OC(C)=O. The number of hydrogen-bond donors (Lipinski definition) is 1. The van der Waals surface area contributed by atoms with Crippen molar-refractivity contribution >= 4 is 39.8 Å². The first-order chi connectivity index (χ1) is 10.6. The summed E-state index contributed by atoms with van der Waals surface area (Å²) in [5, 5.41) is 9.01. The van der Waals surface area contributed by atoms with Crippen molar-refractivity contribution in [2.45, 2.75) is 56.8 Å². The summed E-state index contributed by atoms with van der Waals surface area (Å²) in [6.07, 6.45) is -3.28. The molecule has 23 heavy (non-hydrogen) atoms. The van der Waals surface area contributed by atoms with E-state index in [1.165, 1.54) is 6.92 Å². The average molecular weight is 394 g/mol. The molecule has 129 valence electrons. The molecule has 1 aliphatic rings. The Morgan fingerprint density at radius 3 is 1.91 bits per heavy atom. The van der Waals surface area contributed by atoms with E-state index in [4.69, 9.17) is 19.3 Å². The largest absolute Gasteiger partial charge is 0.481 e. The molecular weight excluding hydrogens is 376 g/mol. The van der Waals surface area contributed by atoms with Gasteiger partial charge in [0.15, 0.2) is 12.2 Å². The summed E-state index contributed by atoms with van der Waals surface area (Å²) in [6.45, 7) is 3.51. The predicted molar refractivity (Wildman–Crippen MR) is 79.5 cm³/mol. The van der Waals surface area contributed by atoms with Crippen molar-refractivity contribution in [1.29, 1.82) is 0 Å². The van der Waals surface area contributed by atoms with Crippen molar-refractivity contribution < 1.29 is 38.5 Å². The molecule has 4 atom stereocenters. The molecule has 0 spiro atoms. The molecule has 1 saturated carbocycles. The van der Waals surface area contributed by atoms with Gasteiger partial charge in [-0.25, -0.2) is 0 Å². The Balaban J connectivity index is 3.15. The van der Waals surface area contributed by atoms with E-state index in [1.807, 2.05) is 0 Å². The van der Waals surface area contributed by atoms with Crippen molar-refractivity contribution in [3.05, 3.63) is 5.92 Å². The molecule has 0 aromatic heterocycles. The molecule has 1 N–H and O–H groups in total. The zero-order valence-electron chi connectivity index (χ0n) is 12.9. The van der Waals surface area contributed by atoms with E-state index in [0.29, 0.717) is 5.92 Å². The van der Waals surface area contributed by atoms with Crippen LogP contribution in [-0.2, 0) is 33.4 Å². The minimum Gasteiger partial charge on any atom is -0.481 e. The summed E-state index contributed by atoms with van der Waals surface area (Å²) >= 11 is 3.31. The molecule has 8 nitrogen and oxygen atoms in total. The number of esters is 3. The number of carboxylic acid groups (broad SMARTS) is 1. The van der Waals surface area contributed by atoms with Gasteiger partial charge in [-0.15, -0.1) is 0 Å². The summed E-state index contributed by atoms with van der Waals surface area (Å²) in [6, 6.07) is 0. The Kier molecular flexibility index (Phi) is 6.99. The second-order valence-electron chi connectivity index (χ2n) is 5.13. The lowest BCUT2D eigenvalue weighted by Crippen LogP contribution is -2.56. The number of aliphatic carboxylic acids is 1. The first kappa shape index (κ1) is 19.4. The van der Waals surface area contributed by atoms with Crippen LogP contribution in [0.25, 0.3) is 0 Å². The van der Waals surface area contributed by atoms with Crippen molar-refractivity contribution in [2.75, 3.05) is 0 Å². The van der Waals surface area contributed by atoms with Crippen LogP contribution in [0.5, 0.6) is 0 Å². The van der Waals surface area contributed by atoms with Crippen LogP contribution in [0.15, 0.2) is 0 Å². The summed E-state index contributed by atoms with van der Waals surface area (Å²) in [4.78, 5) is 44.5. The van der Waals surface area contributed by atoms with E-state index in [-0.39, 0.29) is 12.8 Å². The van der Waals surface area contributed by atoms with Crippen LogP contribution < -0.4 is 0 Å². The zero-order chi connectivity index (χ0) is 17.7. The van der Waals surface area contributed by atoms with Gasteiger partial charge in [-0.2, -0.15) is 0 Å². The quantitative estimate of drug-likeness (QED) is 0.417. The third-order valence-electron chi connectivity index (χ3n) is 3.11. The topological polar surface area (TPSA) is 116 Å². The first-order valence-corrected chi connectivity index (χ1v) is 7.75. The number of carbonyl (C=O) groups excluding carboxylic acids is 3. The predicted octanol–water partition coefficient (Wildman–Crippen LogP) is 0.998. The zero-order valence-corrected chi connectivity index (χ0v) is 14.5. The van der Waals surface area contributed by atoms with Gasteiger partial charge in [0.2, 0.25) is 0 Å². The summed E-state index contributed by atoms with van der Waals surface area (Å²) in [7, 11) is 0. The van der Waals surface area contributed by atoms with Gasteiger partial charge >= 0.3 is 23.9 Å². The maximum atomic E-state index is 11.4. The molecule has 1 fully saturated rings. The Labute approximate surface area is 141 Å². The van der Waals surface area contributed by atoms with Crippen LogP contribution in [0.1, 0.15) is 33.6 Å². The number of rotatable bonds is 5. The highest BCUT2D eigenvalue weighted by molar-refractivity contribution is 9.09. The van der Waals surface area contributed by atoms with Crippen molar-refractivity contribution in [2.24, 2.45) is 0 Å². The number of carbonyl (C=O) groups is 4. The normalized spacial score (nSPS) is 27.8. The highest BCUT2D eigenvalue weighted by Gasteiger charge is 2.50. The monoisotopic (exact) mass is 393 g/mol. The summed E-state index contributed by atoms with van der Waals surface area (Å²) in [5.41, 5.74) is 0. The van der Waals surface area contributed by atoms with Gasteiger partial charge in [-0.05, 0) is 6.42 Å². The van der Waals surface area contributed by atoms with E-state index >= 15 is 0 Å². The number of hydrogen-bond acceptors (Lipinski definition) is 7. The molecule has 0 amide bonds. The summed E-state index contributed by atoms with van der Waals surface area (Å²) < 4.78 is 15.5. The van der Waals surface area contributed by atoms with Crippen LogP contribution in [0.2, 0.25) is 0 Å². The maximum absolute atomic E-state index is 11.4. The molecule has 0 saturated heterocycles. The fourth-order valence-electron chi connectivity index (χ4n) is 2.44. The van der Waals surface area contributed by atoms with Crippen LogP contribution in [0.3, 0.4) is 0 Å². The van der Waals surface area contributed by atoms with E-state index in [0.717, 1.165) is 13.8 Å². The molecule has 0 unspecified atom stereocenters. The molecule has 0 heterocycles. The van der Waals surface area contributed by atoms with Crippen molar-refractivity contribution in [1.82, 2.24) is 0 Å². The molecular formula is C14H18BrO8. The highest BCUT2D eigenvalue weighted by Crippen LogP contribution is 2.38. The van der Waals surface area contributed by atoms with Crippen LogP contribution >= 0.6 is 15.9 Å². The Morgan fingerprint density at radius 2 is 1.48 bits per heavy atom. The fraction of sp³-hybridized carbons (Fsp3) is 0.643. The van der Waals surface area contributed by atoms with Gasteiger partial charge in [0.25, 0.3) is 0 Å². The van der Waals surface area contributed by atoms with E-state index in [1.54, 1.807) is 0 Å². The second kappa shape index (κ2) is 8.28. The molecule has 1 aliphatic carbocycles. The minimum absolute atomic E-state index is 0.194. The lowest BCUT2D eigenvalue weighted by molar-refractivity contribution is -0.186. The van der Waals surface area contributed by atoms with Gasteiger partial charge in [-0.1, -0.05) is 15.9 Å². The standard InChI is InChI=1S/C14H18BrO8/c1-6(16)21-12-9(5-11(19)20)4-10(15)13(22-7(2)17)14(12)23-8(3)18/h10,12-14H,4-5H2,1-3H3,(H,19,20)/t10-,12+,13-,14-/m0/s1. The smallest absolute Gasteiger partial charge is 0.304 e. The van der Waals surface area contributed by atoms with Gasteiger partial charge < -0.3 is 19.3 Å². The second-order valence-corrected chi connectivity index (χ2v) is 6.30. The average Bonchev–Trinajstić information content (AvgIpc) is 2.36. The maximum Gasteiger partial charge on any atom is 0.304 e. The highest BCUT2D eigenvalue weighted by atomic mass is 79.9. The number of ether oxygens (including phenoxy) is 3. The molecule has 0 aromatic rings. The van der Waals surface area contributed by atoms with Crippen LogP contribution in [-0.4, -0.2) is 52.1 Å². The van der Waals surface area contributed by atoms with Gasteiger partial charge in [0, 0.05) is 26.7 Å². The van der Waals surface area contributed by atoms with Crippen LogP contribution in [0.4, 0.5) is 0 Å². The number of alkyl halides is 1. The third kappa shape index (κ3) is 5.81. The number of halogens is 1. The number of carboxylic acids is 1. The Hall–Kier alpha value is -1.64. The minimum atomic E-state index is -1.12. The lowest BCUT2D eigenvalue weighted by atomic mass is 9.80. The van der Waals surface area contributed by atoms with E-state index in [9.17, 15) is 19.2 Å². The lowest BCUT2D eigenvalue weighted by Gasteiger charge is -2.42. The molecule has 0 aromatic carbocycles. The molecule has 0 aliphatic heterocycles. The Morgan fingerprint density at radius 1 is 1.00 bits per heavy atom. The van der Waals surface area contributed by atoms with Crippen LogP contribution in [0, 0.1) is 5.92 Å². The van der Waals surface area contributed by atoms with Gasteiger partial charge in [-0.3, -0.25) is 19.2 Å². The van der Waals surface area contributed by atoms with Crippen molar-refractivity contribution in [3.63, 3.8) is 0 Å². The molecule has 1 rings (SSSR count). The first-order valence-electron chi connectivity index (χ1n) is 6.84. The van der Waals surface area contributed by atoms with Gasteiger partial charge in [0.05, 0.1) is 11.2 Å². The molecule has 0 bridgehead atoms. The van der Waals surface area contributed by atoms with Crippen molar-refractivity contribution in [3.8, 4) is 0 Å². The van der Waals surface area contributed by atoms with Gasteiger partial charge in [0.1, 0.15) is 6.10 Å².